The Bertz CT molecular complexity index is 1030. The predicted octanol–water partition coefficient (Wildman–Crippen LogP) is 3.07. The van der Waals surface area contributed by atoms with Crippen molar-refractivity contribution in [2.45, 2.75) is 25.7 Å². The Labute approximate surface area is 181 Å². The number of carbonyl (C=O) groups is 4. The summed E-state index contributed by atoms with van der Waals surface area (Å²) in [6.07, 6.45) is 2.81. The van der Waals surface area contributed by atoms with E-state index in [0.717, 1.165) is 22.9 Å². The quantitative estimate of drug-likeness (QED) is 0.294. The van der Waals surface area contributed by atoms with Gasteiger partial charge in [0.2, 0.25) is 0 Å². The molecule has 1 aliphatic heterocycles. The number of hydrazine groups is 1. The van der Waals surface area contributed by atoms with E-state index in [2.05, 4.69) is 0 Å². The van der Waals surface area contributed by atoms with Crippen molar-refractivity contribution >= 4 is 40.5 Å². The highest BCUT2D eigenvalue weighted by molar-refractivity contribution is 7.12. The van der Waals surface area contributed by atoms with Crippen molar-refractivity contribution in [2.75, 3.05) is 6.54 Å². The monoisotopic (exact) mass is 441 g/mol. The number of thiophene rings is 1. The van der Waals surface area contributed by atoms with Gasteiger partial charge in [0.15, 0.2) is 5.78 Å². The van der Waals surface area contributed by atoms with Gasteiger partial charge < -0.3 is 0 Å². The van der Waals surface area contributed by atoms with Crippen molar-refractivity contribution in [3.8, 4) is 0 Å². The van der Waals surface area contributed by atoms with Crippen molar-refractivity contribution in [2.24, 2.45) is 11.8 Å². The maximum absolute atomic E-state index is 13.3. The van der Waals surface area contributed by atoms with E-state index in [4.69, 9.17) is 0 Å². The topological polar surface area (TPSA) is 118 Å². The molecule has 10 heteroatoms. The van der Waals surface area contributed by atoms with E-state index in [0.29, 0.717) is 17.7 Å². The van der Waals surface area contributed by atoms with Gasteiger partial charge in [0, 0.05) is 17.7 Å². The molecule has 1 aromatic carbocycles. The maximum atomic E-state index is 13.3. The van der Waals surface area contributed by atoms with Gasteiger partial charge in [-0.25, -0.2) is 5.01 Å². The lowest BCUT2D eigenvalue weighted by Crippen LogP contribution is -2.52. The second kappa shape index (κ2) is 8.38. The first-order valence-electron chi connectivity index (χ1n) is 9.89. The van der Waals surface area contributed by atoms with E-state index in [1.165, 1.54) is 35.6 Å². The molecule has 4 rings (SSSR count). The number of carbonyl (C=O) groups excluding carboxylic acids is 4. The van der Waals surface area contributed by atoms with Gasteiger partial charge in [-0.3, -0.25) is 29.3 Å². The summed E-state index contributed by atoms with van der Waals surface area (Å²) < 4.78 is 0. The summed E-state index contributed by atoms with van der Waals surface area (Å²) in [5.74, 6) is -3.04. The fraction of sp³-hybridized carbons (Fsp3) is 0.333. The average Bonchev–Trinajstić information content (AvgIpc) is 3.40. The van der Waals surface area contributed by atoms with Crippen LogP contribution < -0.4 is 0 Å². The first-order chi connectivity index (χ1) is 14.9. The smallest absolute Gasteiger partial charge is 0.273 e. The summed E-state index contributed by atoms with van der Waals surface area (Å²) >= 11 is 1.20. The van der Waals surface area contributed by atoms with Gasteiger partial charge in [0.1, 0.15) is 6.54 Å². The van der Waals surface area contributed by atoms with E-state index < -0.39 is 46.8 Å². The largest absolute Gasteiger partial charge is 0.291 e. The number of rotatable bonds is 6. The third kappa shape index (κ3) is 3.86. The Morgan fingerprint density at radius 1 is 1.06 bits per heavy atom. The molecule has 31 heavy (non-hydrogen) atoms. The highest BCUT2D eigenvalue weighted by atomic mass is 32.1. The van der Waals surface area contributed by atoms with Crippen LogP contribution in [0.1, 0.15) is 45.7 Å². The number of nitro groups is 1. The number of fused-ring (bicyclic) bond motifs is 1. The molecule has 1 saturated carbocycles. The molecule has 1 aromatic heterocycles. The normalized spacial score (nSPS) is 20.5. The van der Waals surface area contributed by atoms with Crippen LogP contribution in [0.4, 0.5) is 5.69 Å². The van der Waals surface area contributed by atoms with Crippen molar-refractivity contribution in [3.05, 3.63) is 62.3 Å². The molecule has 3 amide bonds. The minimum atomic E-state index is -0.736. The molecule has 2 fully saturated rings. The number of ketones is 1. The minimum absolute atomic E-state index is 0.0417. The van der Waals surface area contributed by atoms with Gasteiger partial charge in [-0.05, 0) is 36.4 Å². The Balaban J connectivity index is 1.68. The molecule has 0 N–H and O–H groups in total. The molecule has 0 unspecified atom stereocenters. The number of amides is 3. The van der Waals surface area contributed by atoms with Crippen molar-refractivity contribution in [1.82, 2.24) is 10.0 Å². The van der Waals surface area contributed by atoms with Gasteiger partial charge >= 0.3 is 0 Å². The second-order valence-corrected chi connectivity index (χ2v) is 8.50. The third-order valence-corrected chi connectivity index (χ3v) is 6.62. The van der Waals surface area contributed by atoms with E-state index in [-0.39, 0.29) is 11.3 Å². The Kier molecular flexibility index (Phi) is 5.64. The van der Waals surface area contributed by atoms with E-state index in [9.17, 15) is 29.3 Å². The lowest BCUT2D eigenvalue weighted by atomic mass is 9.81. The van der Waals surface area contributed by atoms with E-state index in [1.807, 2.05) is 0 Å². The molecule has 2 atom stereocenters. The predicted molar refractivity (Wildman–Crippen MR) is 110 cm³/mol. The van der Waals surface area contributed by atoms with Gasteiger partial charge in [-0.2, -0.15) is 5.01 Å². The molecular formula is C21H19N3O6S. The fourth-order valence-electron chi connectivity index (χ4n) is 4.14. The Morgan fingerprint density at radius 3 is 2.19 bits per heavy atom. The molecule has 0 bridgehead atoms. The summed E-state index contributed by atoms with van der Waals surface area (Å²) in [7, 11) is 0. The second-order valence-electron chi connectivity index (χ2n) is 7.55. The van der Waals surface area contributed by atoms with Crippen LogP contribution in [0.5, 0.6) is 0 Å². The van der Waals surface area contributed by atoms with Crippen LogP contribution in [-0.4, -0.2) is 45.0 Å². The lowest BCUT2D eigenvalue weighted by molar-refractivity contribution is -0.384. The van der Waals surface area contributed by atoms with Gasteiger partial charge in [0.25, 0.3) is 23.4 Å². The molecular weight excluding hydrogens is 422 g/mol. The summed E-state index contributed by atoms with van der Waals surface area (Å²) in [6.45, 7) is -0.479. The molecule has 1 saturated heterocycles. The van der Waals surface area contributed by atoms with Crippen LogP contribution in [0, 0.1) is 22.0 Å². The number of benzene rings is 1. The van der Waals surface area contributed by atoms with Crippen LogP contribution in [-0.2, 0) is 9.59 Å². The number of hydrogen-bond acceptors (Lipinski definition) is 7. The molecule has 1 aliphatic carbocycles. The molecule has 0 spiro atoms. The SMILES string of the molecule is O=C(CN(C(=O)c1ccc([N+](=O)[O-])cc1)N1C(=O)[C@H]2CCCC[C@@H]2C1=O)c1cccs1. The van der Waals surface area contributed by atoms with Gasteiger partial charge in [-0.15, -0.1) is 11.3 Å². The molecule has 2 aliphatic rings. The summed E-state index contributed by atoms with van der Waals surface area (Å²) in [4.78, 5) is 62.8. The first kappa shape index (κ1) is 20.9. The summed E-state index contributed by atoms with van der Waals surface area (Å²) in [6, 6.07) is 8.14. The number of non-ortho nitro benzene ring substituents is 1. The Morgan fingerprint density at radius 2 is 1.68 bits per heavy atom. The number of hydrogen-bond donors (Lipinski definition) is 0. The van der Waals surface area contributed by atoms with Crippen LogP contribution in [0.15, 0.2) is 41.8 Å². The molecule has 160 valence electrons. The molecule has 2 heterocycles. The zero-order valence-corrected chi connectivity index (χ0v) is 17.2. The highest BCUT2D eigenvalue weighted by Gasteiger charge is 2.51. The van der Waals surface area contributed by atoms with Crippen LogP contribution >= 0.6 is 11.3 Å². The number of nitro benzene ring substituents is 1. The molecule has 9 nitrogen and oxygen atoms in total. The van der Waals surface area contributed by atoms with Crippen LogP contribution in [0.2, 0.25) is 0 Å². The standard InChI is InChI=1S/C21H19N3O6S/c25-17(18-6-3-11-31-18)12-22(19(26)13-7-9-14(10-8-13)24(29)30)23-20(27)15-4-1-2-5-16(15)21(23)28/h3,6-11,15-16H,1-2,4-5,12H2/t15-,16-/m0/s1. The van der Waals surface area contributed by atoms with Gasteiger partial charge in [0.05, 0.1) is 21.6 Å². The summed E-state index contributed by atoms with van der Waals surface area (Å²) in [5, 5.41) is 14.3. The van der Waals surface area contributed by atoms with Crippen molar-refractivity contribution < 1.29 is 24.1 Å². The summed E-state index contributed by atoms with van der Waals surface area (Å²) in [5.41, 5.74) is -0.155. The van der Waals surface area contributed by atoms with Crippen molar-refractivity contribution in [1.29, 1.82) is 0 Å². The van der Waals surface area contributed by atoms with E-state index >= 15 is 0 Å². The molecule has 2 aromatic rings. The highest BCUT2D eigenvalue weighted by Crippen LogP contribution is 2.39. The Hall–Kier alpha value is -3.40. The van der Waals surface area contributed by atoms with Crippen LogP contribution in [0.25, 0.3) is 0 Å². The number of Topliss-reactive ketones (excluding diaryl/α,β-unsaturated/α-hetero) is 1. The van der Waals surface area contributed by atoms with Gasteiger partial charge in [-0.1, -0.05) is 18.9 Å². The first-order valence-corrected chi connectivity index (χ1v) is 10.8. The number of imide groups is 1. The minimum Gasteiger partial charge on any atom is -0.291 e. The van der Waals surface area contributed by atoms with E-state index in [1.54, 1.807) is 17.5 Å². The zero-order chi connectivity index (χ0) is 22.1. The zero-order valence-electron chi connectivity index (χ0n) is 16.4. The molecule has 0 radical (unpaired) electrons. The number of nitrogens with zero attached hydrogens (tertiary/aromatic N) is 3. The maximum Gasteiger partial charge on any atom is 0.273 e. The fourth-order valence-corrected chi connectivity index (χ4v) is 4.80. The third-order valence-electron chi connectivity index (χ3n) is 5.71. The van der Waals surface area contributed by atoms with Crippen molar-refractivity contribution in [3.63, 3.8) is 0 Å². The van der Waals surface area contributed by atoms with Crippen LogP contribution in [0.3, 0.4) is 0 Å². The average molecular weight is 441 g/mol. The lowest BCUT2D eigenvalue weighted by Gasteiger charge is -2.29.